The lowest BCUT2D eigenvalue weighted by Crippen LogP contribution is -1.95. The number of aromatic nitrogens is 1. The number of allylic oxidation sites excluding steroid dienone is 1. The lowest BCUT2D eigenvalue weighted by atomic mass is 10.3. The molecule has 0 fully saturated rings. The van der Waals surface area contributed by atoms with Crippen LogP contribution in [0.15, 0.2) is 30.5 Å². The highest BCUT2D eigenvalue weighted by Crippen LogP contribution is 2.07. The molecule has 1 aromatic heterocycles. The normalized spacial score (nSPS) is 9.85. The number of rotatable bonds is 3. The first-order chi connectivity index (χ1) is 6.36. The van der Waals surface area contributed by atoms with E-state index in [0.717, 1.165) is 0 Å². The van der Waals surface area contributed by atoms with Gasteiger partial charge < -0.3 is 4.74 Å². The summed E-state index contributed by atoms with van der Waals surface area (Å²) < 4.78 is 5.24. The SMILES string of the molecule is CC=CCOc1cc(C#N)ccn1. The minimum Gasteiger partial charge on any atom is -0.473 e. The van der Waals surface area contributed by atoms with E-state index in [9.17, 15) is 0 Å². The largest absolute Gasteiger partial charge is 0.473 e. The van der Waals surface area contributed by atoms with Gasteiger partial charge in [-0.3, -0.25) is 0 Å². The second kappa shape index (κ2) is 4.94. The van der Waals surface area contributed by atoms with E-state index >= 15 is 0 Å². The van der Waals surface area contributed by atoms with Crippen LogP contribution >= 0.6 is 0 Å². The molecule has 0 aliphatic rings. The molecule has 0 saturated heterocycles. The van der Waals surface area contributed by atoms with Gasteiger partial charge in [-0.2, -0.15) is 5.26 Å². The zero-order valence-corrected chi connectivity index (χ0v) is 7.40. The van der Waals surface area contributed by atoms with Crippen LogP contribution in [0.1, 0.15) is 12.5 Å². The van der Waals surface area contributed by atoms with Gasteiger partial charge in [0.2, 0.25) is 5.88 Å². The van der Waals surface area contributed by atoms with E-state index < -0.39 is 0 Å². The highest BCUT2D eigenvalue weighted by Gasteiger charge is 1.94. The van der Waals surface area contributed by atoms with Crippen molar-refractivity contribution in [2.75, 3.05) is 6.61 Å². The molecule has 0 saturated carbocycles. The third-order valence-corrected chi connectivity index (χ3v) is 1.43. The average molecular weight is 174 g/mol. The second-order valence-corrected chi connectivity index (χ2v) is 2.37. The zero-order valence-electron chi connectivity index (χ0n) is 7.40. The van der Waals surface area contributed by atoms with Gasteiger partial charge in [-0.1, -0.05) is 12.2 Å². The molecular formula is C10H10N2O. The van der Waals surface area contributed by atoms with Gasteiger partial charge in [-0.25, -0.2) is 4.98 Å². The summed E-state index contributed by atoms with van der Waals surface area (Å²) in [5.74, 6) is 0.483. The average Bonchev–Trinajstić information content (AvgIpc) is 2.19. The number of ether oxygens (including phenoxy) is 1. The van der Waals surface area contributed by atoms with E-state index in [-0.39, 0.29) is 0 Å². The van der Waals surface area contributed by atoms with Crippen molar-refractivity contribution in [1.82, 2.24) is 4.98 Å². The van der Waals surface area contributed by atoms with Gasteiger partial charge in [-0.15, -0.1) is 0 Å². The van der Waals surface area contributed by atoms with Crippen LogP contribution in [0.25, 0.3) is 0 Å². The number of nitriles is 1. The van der Waals surface area contributed by atoms with Crippen molar-refractivity contribution in [2.45, 2.75) is 6.92 Å². The van der Waals surface area contributed by atoms with Gasteiger partial charge in [0.15, 0.2) is 0 Å². The molecule has 0 amide bonds. The van der Waals surface area contributed by atoms with Crippen LogP contribution in [0.4, 0.5) is 0 Å². The first-order valence-electron chi connectivity index (χ1n) is 3.97. The number of hydrogen-bond donors (Lipinski definition) is 0. The van der Waals surface area contributed by atoms with Gasteiger partial charge in [-0.05, 0) is 13.0 Å². The van der Waals surface area contributed by atoms with Gasteiger partial charge >= 0.3 is 0 Å². The van der Waals surface area contributed by atoms with Crippen LogP contribution in [0.5, 0.6) is 5.88 Å². The maximum atomic E-state index is 8.59. The molecular weight excluding hydrogens is 164 g/mol. The minimum absolute atomic E-state index is 0.483. The molecule has 0 radical (unpaired) electrons. The van der Waals surface area contributed by atoms with Crippen molar-refractivity contribution in [3.05, 3.63) is 36.0 Å². The van der Waals surface area contributed by atoms with Gasteiger partial charge in [0.25, 0.3) is 0 Å². The monoisotopic (exact) mass is 174 g/mol. The van der Waals surface area contributed by atoms with Gasteiger partial charge in [0.05, 0.1) is 11.6 Å². The highest BCUT2D eigenvalue weighted by molar-refractivity contribution is 5.31. The predicted molar refractivity (Wildman–Crippen MR) is 49.3 cm³/mol. The van der Waals surface area contributed by atoms with Crippen LogP contribution in [0, 0.1) is 11.3 Å². The number of pyridine rings is 1. The molecule has 13 heavy (non-hydrogen) atoms. The maximum Gasteiger partial charge on any atom is 0.214 e. The third kappa shape index (κ3) is 2.96. The van der Waals surface area contributed by atoms with Crippen LogP contribution in [0.3, 0.4) is 0 Å². The van der Waals surface area contributed by atoms with Crippen molar-refractivity contribution < 1.29 is 4.74 Å². The van der Waals surface area contributed by atoms with Crippen molar-refractivity contribution in [1.29, 1.82) is 5.26 Å². The summed E-state index contributed by atoms with van der Waals surface area (Å²) in [6.07, 6.45) is 5.33. The first-order valence-corrected chi connectivity index (χ1v) is 3.97. The zero-order chi connectivity index (χ0) is 9.52. The molecule has 0 aliphatic heterocycles. The van der Waals surface area contributed by atoms with Crippen LogP contribution in [-0.2, 0) is 0 Å². The fourth-order valence-electron chi connectivity index (χ4n) is 0.788. The molecule has 0 N–H and O–H groups in total. The Hall–Kier alpha value is -1.82. The fourth-order valence-corrected chi connectivity index (χ4v) is 0.788. The molecule has 3 heteroatoms. The Labute approximate surface area is 77.3 Å². The Balaban J connectivity index is 2.62. The van der Waals surface area contributed by atoms with Crippen LogP contribution < -0.4 is 4.74 Å². The summed E-state index contributed by atoms with van der Waals surface area (Å²) in [7, 11) is 0. The summed E-state index contributed by atoms with van der Waals surface area (Å²) in [6, 6.07) is 5.28. The summed E-state index contributed by atoms with van der Waals surface area (Å²) in [4.78, 5) is 3.95. The summed E-state index contributed by atoms with van der Waals surface area (Å²) in [5, 5.41) is 8.59. The van der Waals surface area contributed by atoms with E-state index in [2.05, 4.69) is 4.98 Å². The fraction of sp³-hybridized carbons (Fsp3) is 0.200. The van der Waals surface area contributed by atoms with E-state index in [1.54, 1.807) is 18.3 Å². The van der Waals surface area contributed by atoms with E-state index in [1.807, 2.05) is 25.1 Å². The summed E-state index contributed by atoms with van der Waals surface area (Å²) in [6.45, 7) is 2.40. The Kier molecular flexibility index (Phi) is 3.52. The molecule has 0 bridgehead atoms. The van der Waals surface area contributed by atoms with Crippen LogP contribution in [0.2, 0.25) is 0 Å². The Morgan fingerprint density at radius 2 is 2.54 bits per heavy atom. The quantitative estimate of drug-likeness (QED) is 0.657. The predicted octanol–water partition coefficient (Wildman–Crippen LogP) is 1.91. The molecule has 1 aromatic rings. The molecule has 3 nitrogen and oxygen atoms in total. The molecule has 1 rings (SSSR count). The molecule has 0 aliphatic carbocycles. The smallest absolute Gasteiger partial charge is 0.214 e. The Bertz CT molecular complexity index is 339. The van der Waals surface area contributed by atoms with Crippen molar-refractivity contribution in [3.8, 4) is 11.9 Å². The highest BCUT2D eigenvalue weighted by atomic mass is 16.5. The molecule has 0 aromatic carbocycles. The minimum atomic E-state index is 0.483. The van der Waals surface area contributed by atoms with Crippen molar-refractivity contribution in [2.24, 2.45) is 0 Å². The van der Waals surface area contributed by atoms with E-state index in [4.69, 9.17) is 10.00 Å². The number of nitrogens with zero attached hydrogens (tertiary/aromatic N) is 2. The lowest BCUT2D eigenvalue weighted by molar-refractivity contribution is 0.348. The van der Waals surface area contributed by atoms with Crippen molar-refractivity contribution >= 4 is 0 Å². The second-order valence-electron chi connectivity index (χ2n) is 2.37. The first kappa shape index (κ1) is 9.27. The molecule has 66 valence electrons. The molecule has 0 unspecified atom stereocenters. The summed E-state index contributed by atoms with van der Waals surface area (Å²) >= 11 is 0. The van der Waals surface area contributed by atoms with Gasteiger partial charge in [0.1, 0.15) is 6.61 Å². The lowest BCUT2D eigenvalue weighted by Gasteiger charge is -2.00. The molecule has 1 heterocycles. The molecule has 0 atom stereocenters. The van der Waals surface area contributed by atoms with Gasteiger partial charge in [0, 0.05) is 12.3 Å². The van der Waals surface area contributed by atoms with Crippen LogP contribution in [-0.4, -0.2) is 11.6 Å². The standard InChI is InChI=1S/C10H10N2O/c1-2-3-6-13-10-7-9(8-11)4-5-12-10/h2-5,7H,6H2,1H3. The Morgan fingerprint density at radius 1 is 1.69 bits per heavy atom. The van der Waals surface area contributed by atoms with E-state index in [1.165, 1.54) is 0 Å². The number of hydrogen-bond acceptors (Lipinski definition) is 3. The maximum absolute atomic E-state index is 8.59. The topological polar surface area (TPSA) is 45.9 Å². The third-order valence-electron chi connectivity index (χ3n) is 1.43. The van der Waals surface area contributed by atoms with Crippen molar-refractivity contribution in [3.63, 3.8) is 0 Å². The molecule has 0 spiro atoms. The summed E-state index contributed by atoms with van der Waals surface area (Å²) in [5.41, 5.74) is 0.561. The van der Waals surface area contributed by atoms with E-state index in [0.29, 0.717) is 18.1 Å². The Morgan fingerprint density at radius 3 is 3.23 bits per heavy atom.